The molecule has 1 aromatic rings. The Hall–Kier alpha value is -1.88. The molecule has 0 saturated heterocycles. The summed E-state index contributed by atoms with van der Waals surface area (Å²) in [6.07, 6.45) is 0.692. The van der Waals surface area contributed by atoms with Crippen molar-refractivity contribution < 1.29 is 14.3 Å². The van der Waals surface area contributed by atoms with Gasteiger partial charge in [-0.3, -0.25) is 9.59 Å². The summed E-state index contributed by atoms with van der Waals surface area (Å²) < 4.78 is 5.13. The molecule has 2 N–H and O–H groups in total. The van der Waals surface area contributed by atoms with Crippen molar-refractivity contribution in [3.05, 3.63) is 29.8 Å². The fourth-order valence-corrected chi connectivity index (χ4v) is 1.43. The largest absolute Gasteiger partial charge is 0.382 e. The molecule has 0 heterocycles. The van der Waals surface area contributed by atoms with Crippen LogP contribution in [0.25, 0.3) is 0 Å². The fourth-order valence-electron chi connectivity index (χ4n) is 1.43. The Morgan fingerprint density at radius 3 is 2.47 bits per heavy atom. The SMILES string of the molecule is CCOCCCNC(=O)C(=O)Nc1ccc(C)cc1. The number of hydrogen-bond donors (Lipinski definition) is 2. The summed E-state index contributed by atoms with van der Waals surface area (Å²) in [4.78, 5) is 23.0. The lowest BCUT2D eigenvalue weighted by Gasteiger charge is -2.06. The molecule has 0 unspecified atom stereocenters. The van der Waals surface area contributed by atoms with Gasteiger partial charge < -0.3 is 15.4 Å². The minimum atomic E-state index is -0.653. The summed E-state index contributed by atoms with van der Waals surface area (Å²) in [6.45, 7) is 5.53. The summed E-state index contributed by atoms with van der Waals surface area (Å²) in [5, 5.41) is 5.08. The molecule has 0 bridgehead atoms. The van der Waals surface area contributed by atoms with E-state index >= 15 is 0 Å². The number of hydrogen-bond acceptors (Lipinski definition) is 3. The molecular weight excluding hydrogens is 244 g/mol. The van der Waals surface area contributed by atoms with Gasteiger partial charge in [-0.15, -0.1) is 0 Å². The zero-order valence-corrected chi connectivity index (χ0v) is 11.4. The van der Waals surface area contributed by atoms with Crippen LogP contribution in [0.2, 0.25) is 0 Å². The van der Waals surface area contributed by atoms with Gasteiger partial charge in [0.25, 0.3) is 0 Å². The first-order valence-electron chi connectivity index (χ1n) is 6.37. The topological polar surface area (TPSA) is 67.4 Å². The highest BCUT2D eigenvalue weighted by Crippen LogP contribution is 2.08. The predicted molar refractivity (Wildman–Crippen MR) is 73.9 cm³/mol. The third-order valence-corrected chi connectivity index (χ3v) is 2.47. The molecule has 0 saturated carbocycles. The molecule has 19 heavy (non-hydrogen) atoms. The van der Waals surface area contributed by atoms with Crippen LogP contribution >= 0.6 is 0 Å². The minimum Gasteiger partial charge on any atom is -0.382 e. The van der Waals surface area contributed by atoms with Gasteiger partial charge in [-0.2, -0.15) is 0 Å². The Kier molecular flexibility index (Phi) is 6.60. The maximum absolute atomic E-state index is 11.6. The lowest BCUT2D eigenvalue weighted by atomic mass is 10.2. The summed E-state index contributed by atoms with van der Waals surface area (Å²) in [6, 6.07) is 7.26. The van der Waals surface area contributed by atoms with E-state index in [0.717, 1.165) is 5.56 Å². The van der Waals surface area contributed by atoms with E-state index in [2.05, 4.69) is 10.6 Å². The quantitative estimate of drug-likeness (QED) is 0.604. The fraction of sp³-hybridized carbons (Fsp3) is 0.429. The molecule has 0 aliphatic carbocycles. The van der Waals surface area contributed by atoms with Crippen LogP contribution in [0.4, 0.5) is 5.69 Å². The van der Waals surface area contributed by atoms with Crippen LogP contribution in [-0.2, 0) is 14.3 Å². The smallest absolute Gasteiger partial charge is 0.313 e. The van der Waals surface area contributed by atoms with Crippen LogP contribution < -0.4 is 10.6 Å². The second-order valence-electron chi connectivity index (χ2n) is 4.13. The molecule has 0 atom stereocenters. The highest BCUT2D eigenvalue weighted by atomic mass is 16.5. The Bertz CT molecular complexity index is 415. The van der Waals surface area contributed by atoms with Crippen molar-refractivity contribution in [1.29, 1.82) is 0 Å². The van der Waals surface area contributed by atoms with Crippen molar-refractivity contribution in [3.63, 3.8) is 0 Å². The predicted octanol–water partition coefficient (Wildman–Crippen LogP) is 1.48. The molecule has 0 radical (unpaired) electrons. The molecule has 104 valence electrons. The summed E-state index contributed by atoms with van der Waals surface area (Å²) in [5.41, 5.74) is 1.71. The third-order valence-electron chi connectivity index (χ3n) is 2.47. The van der Waals surface area contributed by atoms with Crippen molar-refractivity contribution in [3.8, 4) is 0 Å². The molecule has 0 fully saturated rings. The van der Waals surface area contributed by atoms with Crippen molar-refractivity contribution in [2.75, 3.05) is 25.1 Å². The third kappa shape index (κ3) is 6.01. The number of carbonyl (C=O) groups is 2. The molecule has 1 rings (SSSR count). The lowest BCUT2D eigenvalue weighted by Crippen LogP contribution is -2.36. The van der Waals surface area contributed by atoms with E-state index in [9.17, 15) is 9.59 Å². The molecule has 0 spiro atoms. The summed E-state index contributed by atoms with van der Waals surface area (Å²) in [5.74, 6) is -1.28. The number of amides is 2. The number of anilines is 1. The lowest BCUT2D eigenvalue weighted by molar-refractivity contribution is -0.136. The Morgan fingerprint density at radius 2 is 1.84 bits per heavy atom. The number of rotatable bonds is 6. The highest BCUT2D eigenvalue weighted by molar-refractivity contribution is 6.39. The van der Waals surface area contributed by atoms with Crippen molar-refractivity contribution in [1.82, 2.24) is 5.32 Å². The molecule has 2 amide bonds. The van der Waals surface area contributed by atoms with E-state index in [1.54, 1.807) is 12.1 Å². The average Bonchev–Trinajstić information content (AvgIpc) is 2.41. The molecule has 5 heteroatoms. The Labute approximate surface area is 113 Å². The highest BCUT2D eigenvalue weighted by Gasteiger charge is 2.12. The van der Waals surface area contributed by atoms with Crippen molar-refractivity contribution in [2.45, 2.75) is 20.3 Å². The molecule has 0 aliphatic heterocycles. The number of aryl methyl sites for hydroxylation is 1. The van der Waals surface area contributed by atoms with Gasteiger partial charge in [-0.1, -0.05) is 17.7 Å². The van der Waals surface area contributed by atoms with Gasteiger partial charge in [0, 0.05) is 25.4 Å². The summed E-state index contributed by atoms with van der Waals surface area (Å²) >= 11 is 0. The van der Waals surface area contributed by atoms with Crippen LogP contribution in [0.3, 0.4) is 0 Å². The van der Waals surface area contributed by atoms with E-state index < -0.39 is 11.8 Å². The maximum atomic E-state index is 11.6. The van der Waals surface area contributed by atoms with Gasteiger partial charge in [0.2, 0.25) is 0 Å². The van der Waals surface area contributed by atoms with Gasteiger partial charge in [-0.25, -0.2) is 0 Å². The van der Waals surface area contributed by atoms with E-state index in [-0.39, 0.29) is 0 Å². The molecule has 1 aromatic carbocycles. The zero-order valence-electron chi connectivity index (χ0n) is 11.4. The average molecular weight is 264 g/mol. The second kappa shape index (κ2) is 8.26. The van der Waals surface area contributed by atoms with Crippen molar-refractivity contribution in [2.24, 2.45) is 0 Å². The van der Waals surface area contributed by atoms with E-state index in [1.165, 1.54) is 0 Å². The number of benzene rings is 1. The standard InChI is InChI=1S/C14H20N2O3/c1-3-19-10-4-9-15-13(17)14(18)16-12-7-5-11(2)6-8-12/h5-8H,3-4,9-10H2,1-2H3,(H,15,17)(H,16,18). The van der Waals surface area contributed by atoms with E-state index in [1.807, 2.05) is 26.0 Å². The monoisotopic (exact) mass is 264 g/mol. The van der Waals surface area contributed by atoms with Crippen LogP contribution in [0.15, 0.2) is 24.3 Å². The zero-order chi connectivity index (χ0) is 14.1. The van der Waals surface area contributed by atoms with Gasteiger partial charge in [-0.05, 0) is 32.4 Å². The van der Waals surface area contributed by atoms with Crippen LogP contribution in [0, 0.1) is 6.92 Å². The molecule has 0 aromatic heterocycles. The van der Waals surface area contributed by atoms with Crippen LogP contribution in [-0.4, -0.2) is 31.6 Å². The van der Waals surface area contributed by atoms with Crippen LogP contribution in [0.5, 0.6) is 0 Å². The van der Waals surface area contributed by atoms with Gasteiger partial charge in [0.15, 0.2) is 0 Å². The van der Waals surface area contributed by atoms with E-state index in [0.29, 0.717) is 31.9 Å². The first kappa shape index (κ1) is 15.2. The van der Waals surface area contributed by atoms with Gasteiger partial charge in [0.05, 0.1) is 0 Å². The van der Waals surface area contributed by atoms with Gasteiger partial charge in [0.1, 0.15) is 0 Å². The molecular formula is C14H20N2O3. The Balaban J connectivity index is 2.28. The first-order valence-corrected chi connectivity index (χ1v) is 6.37. The first-order chi connectivity index (χ1) is 9.13. The number of ether oxygens (including phenoxy) is 1. The number of carbonyl (C=O) groups excluding carboxylic acids is 2. The maximum Gasteiger partial charge on any atom is 0.313 e. The van der Waals surface area contributed by atoms with Crippen molar-refractivity contribution >= 4 is 17.5 Å². The summed E-state index contributed by atoms with van der Waals surface area (Å²) in [7, 11) is 0. The normalized spacial score (nSPS) is 10.0. The van der Waals surface area contributed by atoms with Gasteiger partial charge >= 0.3 is 11.8 Å². The Morgan fingerprint density at radius 1 is 1.16 bits per heavy atom. The minimum absolute atomic E-state index is 0.431. The molecule has 5 nitrogen and oxygen atoms in total. The molecule has 0 aliphatic rings. The number of nitrogens with one attached hydrogen (secondary N) is 2. The van der Waals surface area contributed by atoms with Crippen LogP contribution in [0.1, 0.15) is 18.9 Å². The van der Waals surface area contributed by atoms with E-state index in [4.69, 9.17) is 4.74 Å². The second-order valence-corrected chi connectivity index (χ2v) is 4.13.